The molecular weight excluding hydrogens is 448 g/mol. The number of aryl methyl sites for hydroxylation is 1. The molecule has 0 saturated heterocycles. The summed E-state index contributed by atoms with van der Waals surface area (Å²) >= 11 is 0. The van der Waals surface area contributed by atoms with E-state index in [1.807, 2.05) is 42.1 Å². The number of imidazole rings is 1. The number of rotatable bonds is 8. The molecule has 36 heavy (non-hydrogen) atoms. The molecule has 0 bridgehead atoms. The number of carbonyl (C=O) groups is 1. The summed E-state index contributed by atoms with van der Waals surface area (Å²) in [7, 11) is 1.90. The lowest BCUT2D eigenvalue weighted by atomic mass is 9.62. The molecule has 5 nitrogen and oxygen atoms in total. The Balaban J connectivity index is 1.39. The minimum absolute atomic E-state index is 0.00291. The van der Waals surface area contributed by atoms with Crippen LogP contribution >= 0.6 is 0 Å². The average Bonchev–Trinajstić information content (AvgIpc) is 3.59. The van der Waals surface area contributed by atoms with E-state index < -0.39 is 5.97 Å². The highest BCUT2D eigenvalue weighted by atomic mass is 16.5. The fraction of sp³-hybridized carbons (Fsp3) is 0.484. The molecule has 0 spiro atoms. The van der Waals surface area contributed by atoms with Crippen LogP contribution in [0.3, 0.4) is 0 Å². The average molecular weight is 487 g/mol. The van der Waals surface area contributed by atoms with E-state index in [-0.39, 0.29) is 23.2 Å². The van der Waals surface area contributed by atoms with Crippen molar-refractivity contribution in [1.82, 2.24) is 9.55 Å². The van der Waals surface area contributed by atoms with Crippen LogP contribution < -0.4 is 4.74 Å². The molecule has 1 saturated carbocycles. The number of benzene rings is 2. The van der Waals surface area contributed by atoms with Crippen LogP contribution in [0.1, 0.15) is 105 Å². The summed E-state index contributed by atoms with van der Waals surface area (Å²) in [4.78, 5) is 15.9. The van der Waals surface area contributed by atoms with Crippen molar-refractivity contribution in [1.29, 1.82) is 0 Å². The maximum Gasteiger partial charge on any atom is 0.304 e. The van der Waals surface area contributed by atoms with Crippen LogP contribution in [0.4, 0.5) is 0 Å². The van der Waals surface area contributed by atoms with Crippen LogP contribution in [0.2, 0.25) is 0 Å². The van der Waals surface area contributed by atoms with Crippen molar-refractivity contribution in [2.45, 2.75) is 89.1 Å². The van der Waals surface area contributed by atoms with Crippen molar-refractivity contribution < 1.29 is 14.6 Å². The zero-order chi connectivity index (χ0) is 25.7. The Morgan fingerprint density at radius 3 is 2.28 bits per heavy atom. The largest absolute Gasteiger partial charge is 0.489 e. The Bertz CT molecular complexity index is 1270. The summed E-state index contributed by atoms with van der Waals surface area (Å²) in [5.74, 6) is 1.07. The van der Waals surface area contributed by atoms with Crippen LogP contribution in [0, 0.1) is 0 Å². The van der Waals surface area contributed by atoms with Crippen LogP contribution in [-0.2, 0) is 29.3 Å². The second-order valence-electron chi connectivity index (χ2n) is 12.0. The van der Waals surface area contributed by atoms with Gasteiger partial charge in [-0.25, -0.2) is 4.98 Å². The highest BCUT2D eigenvalue weighted by molar-refractivity contribution is 5.68. The maximum atomic E-state index is 11.5. The summed E-state index contributed by atoms with van der Waals surface area (Å²) in [6.45, 7) is 10.1. The van der Waals surface area contributed by atoms with Gasteiger partial charge in [-0.2, -0.15) is 0 Å². The number of aromatic nitrogens is 2. The topological polar surface area (TPSA) is 64.4 Å². The lowest BCUT2D eigenvalue weighted by Crippen LogP contribution is -2.34. The Morgan fingerprint density at radius 2 is 1.72 bits per heavy atom. The highest BCUT2D eigenvalue weighted by Crippen LogP contribution is 2.50. The molecule has 0 amide bonds. The standard InChI is InChI=1S/C31H38N2O3/c1-30(2)12-13-31(3,4)27-17-24(20-6-7-20)22(16-26(27)30)19-36-23-10-8-21(9-11-23)25(18-28(34)35)29-32-14-15-33(29)5/h8-11,14-17,20,25H,6-7,12-13,18-19H2,1-5H3,(H,34,35). The first-order valence-electron chi connectivity index (χ1n) is 13.1. The maximum absolute atomic E-state index is 11.5. The van der Waals surface area contributed by atoms with Crippen LogP contribution in [-0.4, -0.2) is 20.6 Å². The van der Waals surface area contributed by atoms with Crippen molar-refractivity contribution >= 4 is 5.97 Å². The number of fused-ring (bicyclic) bond motifs is 1. The fourth-order valence-electron chi connectivity index (χ4n) is 5.78. The lowest BCUT2D eigenvalue weighted by molar-refractivity contribution is -0.137. The van der Waals surface area contributed by atoms with E-state index in [0.29, 0.717) is 12.5 Å². The molecule has 190 valence electrons. The predicted octanol–water partition coefficient (Wildman–Crippen LogP) is 6.83. The number of carboxylic acid groups (broad SMARTS) is 1. The van der Waals surface area contributed by atoms with Crippen LogP contribution in [0.5, 0.6) is 5.75 Å². The molecule has 1 N–H and O–H groups in total. The molecular formula is C31H38N2O3. The quantitative estimate of drug-likeness (QED) is 0.379. The molecule has 1 unspecified atom stereocenters. The normalized spacial score (nSPS) is 18.9. The molecule has 3 aromatic rings. The summed E-state index contributed by atoms with van der Waals surface area (Å²) in [6.07, 6.45) is 8.51. The zero-order valence-electron chi connectivity index (χ0n) is 22.2. The number of ether oxygens (including phenoxy) is 1. The van der Waals surface area contributed by atoms with Crippen LogP contribution in [0.25, 0.3) is 0 Å². The molecule has 0 radical (unpaired) electrons. The first-order valence-corrected chi connectivity index (χ1v) is 13.1. The minimum Gasteiger partial charge on any atom is -0.489 e. The van der Waals surface area contributed by atoms with Crippen molar-refractivity contribution in [2.24, 2.45) is 7.05 Å². The molecule has 1 atom stereocenters. The predicted molar refractivity (Wildman–Crippen MR) is 142 cm³/mol. The number of nitrogens with zero attached hydrogens (tertiary/aromatic N) is 2. The number of hydrogen-bond acceptors (Lipinski definition) is 3. The molecule has 2 aliphatic rings. The monoisotopic (exact) mass is 486 g/mol. The summed E-state index contributed by atoms with van der Waals surface area (Å²) in [5.41, 5.74) is 7.08. The van der Waals surface area contributed by atoms with Crippen molar-refractivity contribution in [3.63, 3.8) is 0 Å². The van der Waals surface area contributed by atoms with Crippen LogP contribution in [0.15, 0.2) is 48.8 Å². The van der Waals surface area contributed by atoms with Gasteiger partial charge in [0.15, 0.2) is 0 Å². The van der Waals surface area contributed by atoms with E-state index in [4.69, 9.17) is 4.74 Å². The Hall–Kier alpha value is -3.08. The Kier molecular flexibility index (Phi) is 6.22. The molecule has 0 aliphatic heterocycles. The van der Waals surface area contributed by atoms with Gasteiger partial charge in [0.05, 0.1) is 12.3 Å². The van der Waals surface area contributed by atoms with Crippen molar-refractivity contribution in [2.75, 3.05) is 0 Å². The number of carboxylic acids is 1. The van der Waals surface area contributed by atoms with Gasteiger partial charge in [-0.15, -0.1) is 0 Å². The molecule has 1 aromatic heterocycles. The zero-order valence-corrected chi connectivity index (χ0v) is 22.2. The summed E-state index contributed by atoms with van der Waals surface area (Å²) < 4.78 is 8.20. The summed E-state index contributed by atoms with van der Waals surface area (Å²) in [6, 6.07) is 12.8. The van der Waals surface area contributed by atoms with Gasteiger partial charge in [-0.05, 0) is 82.4 Å². The Morgan fingerprint density at radius 1 is 1.08 bits per heavy atom. The van der Waals surface area contributed by atoms with Gasteiger partial charge in [0.1, 0.15) is 18.2 Å². The van der Waals surface area contributed by atoms with E-state index in [1.54, 1.807) is 6.20 Å². The smallest absolute Gasteiger partial charge is 0.304 e. The molecule has 5 heteroatoms. The highest BCUT2D eigenvalue weighted by Gasteiger charge is 2.39. The van der Waals surface area contributed by atoms with E-state index in [2.05, 4.69) is 44.8 Å². The molecule has 5 rings (SSSR count). The number of hydrogen-bond donors (Lipinski definition) is 1. The molecule has 1 fully saturated rings. The third-order valence-electron chi connectivity index (χ3n) is 8.36. The van der Waals surface area contributed by atoms with Gasteiger partial charge < -0.3 is 14.4 Å². The third-order valence-corrected chi connectivity index (χ3v) is 8.36. The molecule has 1 heterocycles. The van der Waals surface area contributed by atoms with E-state index in [0.717, 1.165) is 17.1 Å². The number of aliphatic carboxylic acids is 1. The van der Waals surface area contributed by atoms with E-state index in [9.17, 15) is 9.90 Å². The summed E-state index contributed by atoms with van der Waals surface area (Å²) in [5, 5.41) is 9.47. The SMILES string of the molecule is Cn1ccnc1C(CC(=O)O)c1ccc(OCc2cc3c(cc2C2CC2)C(C)(C)CCC3(C)C)cc1. The van der Waals surface area contributed by atoms with Gasteiger partial charge in [0, 0.05) is 19.4 Å². The lowest BCUT2D eigenvalue weighted by Gasteiger charge is -2.42. The first kappa shape index (κ1) is 24.6. The molecule has 2 aromatic carbocycles. The van der Waals surface area contributed by atoms with Gasteiger partial charge in [-0.3, -0.25) is 4.79 Å². The third kappa shape index (κ3) is 4.80. The van der Waals surface area contributed by atoms with Crippen molar-refractivity contribution in [3.8, 4) is 5.75 Å². The van der Waals surface area contributed by atoms with Crippen molar-refractivity contribution in [3.05, 3.63) is 82.4 Å². The second-order valence-corrected chi connectivity index (χ2v) is 12.0. The minimum atomic E-state index is -0.838. The van der Waals surface area contributed by atoms with E-state index in [1.165, 1.54) is 47.9 Å². The van der Waals surface area contributed by atoms with E-state index >= 15 is 0 Å². The first-order chi connectivity index (χ1) is 17.0. The Labute approximate surface area is 214 Å². The van der Waals surface area contributed by atoms with Gasteiger partial charge >= 0.3 is 5.97 Å². The van der Waals surface area contributed by atoms with Gasteiger partial charge in [0.25, 0.3) is 0 Å². The second kappa shape index (κ2) is 9.10. The molecule has 2 aliphatic carbocycles. The van der Waals surface area contributed by atoms with Gasteiger partial charge in [-0.1, -0.05) is 52.0 Å². The van der Waals surface area contributed by atoms with Gasteiger partial charge in [0.2, 0.25) is 0 Å². The fourth-order valence-corrected chi connectivity index (χ4v) is 5.78.